The molecule has 3 N–H and O–H groups in total. The quantitative estimate of drug-likeness (QED) is 0.895. The van der Waals surface area contributed by atoms with Gasteiger partial charge in [0, 0.05) is 6.54 Å². The molecule has 3 rings (SSSR count). The van der Waals surface area contributed by atoms with Gasteiger partial charge in [-0.1, -0.05) is 18.2 Å². The number of aryl methyl sites for hydroxylation is 3. The van der Waals surface area contributed by atoms with Crippen LogP contribution in [0.15, 0.2) is 30.3 Å². The minimum atomic E-state index is 0.745. The van der Waals surface area contributed by atoms with Crippen LogP contribution in [0.2, 0.25) is 0 Å². The molecular weight excluding hydrogens is 246 g/mol. The summed E-state index contributed by atoms with van der Waals surface area (Å²) in [6.07, 6.45) is 4.84. The van der Waals surface area contributed by atoms with E-state index in [4.69, 9.17) is 5.73 Å². The second kappa shape index (κ2) is 5.53. The molecule has 2 aromatic rings. The minimum Gasteiger partial charge on any atom is -0.397 e. The van der Waals surface area contributed by atoms with Crippen LogP contribution in [0.4, 0.5) is 11.5 Å². The molecule has 104 valence electrons. The lowest BCUT2D eigenvalue weighted by molar-refractivity contribution is 0.911. The van der Waals surface area contributed by atoms with Gasteiger partial charge in [-0.3, -0.25) is 0 Å². The van der Waals surface area contributed by atoms with Crippen LogP contribution in [0, 0.1) is 6.92 Å². The standard InChI is InChI=1S/C17H21N3/c1-12-16(18)7-8-17(20-12)19-10-9-13-5-6-14-3-2-4-15(14)11-13/h5-8,11H,2-4,9-10,18H2,1H3,(H,19,20). The van der Waals surface area contributed by atoms with Crippen LogP contribution in [0.1, 0.15) is 28.8 Å². The lowest BCUT2D eigenvalue weighted by atomic mass is 10.0. The maximum atomic E-state index is 5.77. The van der Waals surface area contributed by atoms with Gasteiger partial charge in [-0.05, 0) is 61.4 Å². The second-order valence-electron chi connectivity index (χ2n) is 5.50. The van der Waals surface area contributed by atoms with Crippen LogP contribution in [0.25, 0.3) is 0 Å². The summed E-state index contributed by atoms with van der Waals surface area (Å²) < 4.78 is 0. The van der Waals surface area contributed by atoms with Crippen molar-refractivity contribution in [2.45, 2.75) is 32.6 Å². The Hall–Kier alpha value is -2.03. The van der Waals surface area contributed by atoms with Crippen molar-refractivity contribution in [2.75, 3.05) is 17.6 Å². The van der Waals surface area contributed by atoms with Gasteiger partial charge in [0.15, 0.2) is 0 Å². The molecule has 3 nitrogen and oxygen atoms in total. The SMILES string of the molecule is Cc1nc(NCCc2ccc3c(c2)CCC3)ccc1N. The average molecular weight is 267 g/mol. The molecule has 1 aromatic carbocycles. The van der Waals surface area contributed by atoms with Crippen LogP contribution in [-0.2, 0) is 19.3 Å². The number of anilines is 2. The summed E-state index contributed by atoms with van der Waals surface area (Å²) in [4.78, 5) is 4.43. The van der Waals surface area contributed by atoms with E-state index in [9.17, 15) is 0 Å². The molecule has 0 saturated heterocycles. The Morgan fingerprint density at radius 3 is 2.85 bits per heavy atom. The molecule has 0 unspecified atom stereocenters. The maximum absolute atomic E-state index is 5.77. The molecule has 20 heavy (non-hydrogen) atoms. The number of hydrogen-bond donors (Lipinski definition) is 2. The summed E-state index contributed by atoms with van der Waals surface area (Å²) in [5, 5.41) is 3.36. The van der Waals surface area contributed by atoms with Crippen molar-refractivity contribution in [1.29, 1.82) is 0 Å². The molecule has 1 aliphatic rings. The number of nitrogens with one attached hydrogen (secondary N) is 1. The first-order valence-electron chi connectivity index (χ1n) is 7.30. The summed E-state index contributed by atoms with van der Waals surface area (Å²) in [7, 11) is 0. The highest BCUT2D eigenvalue weighted by Gasteiger charge is 2.10. The Bertz CT molecular complexity index is 620. The van der Waals surface area contributed by atoms with Crippen LogP contribution < -0.4 is 11.1 Å². The van der Waals surface area contributed by atoms with Gasteiger partial charge in [-0.25, -0.2) is 4.98 Å². The first-order chi connectivity index (χ1) is 9.72. The number of pyridine rings is 1. The molecule has 0 bridgehead atoms. The minimum absolute atomic E-state index is 0.745. The third-order valence-corrected chi connectivity index (χ3v) is 4.01. The first-order valence-corrected chi connectivity index (χ1v) is 7.30. The van der Waals surface area contributed by atoms with Crippen molar-refractivity contribution in [3.05, 3.63) is 52.7 Å². The lowest BCUT2D eigenvalue weighted by Gasteiger charge is -2.08. The molecular formula is C17H21N3. The molecule has 1 aromatic heterocycles. The number of nitrogens with zero attached hydrogens (tertiary/aromatic N) is 1. The van der Waals surface area contributed by atoms with Crippen LogP contribution in [-0.4, -0.2) is 11.5 Å². The Morgan fingerprint density at radius 2 is 2.00 bits per heavy atom. The highest BCUT2D eigenvalue weighted by molar-refractivity contribution is 5.49. The van der Waals surface area contributed by atoms with E-state index >= 15 is 0 Å². The Morgan fingerprint density at radius 1 is 1.15 bits per heavy atom. The predicted octanol–water partition coefficient (Wildman–Crippen LogP) is 3.12. The normalized spacial score (nSPS) is 13.2. The smallest absolute Gasteiger partial charge is 0.126 e. The van der Waals surface area contributed by atoms with Gasteiger partial charge in [0.25, 0.3) is 0 Å². The van der Waals surface area contributed by atoms with Crippen LogP contribution >= 0.6 is 0 Å². The van der Waals surface area contributed by atoms with E-state index in [1.54, 1.807) is 5.56 Å². The van der Waals surface area contributed by atoms with Crippen molar-refractivity contribution in [2.24, 2.45) is 0 Å². The molecule has 0 saturated carbocycles. The van der Waals surface area contributed by atoms with E-state index in [2.05, 4.69) is 28.5 Å². The third-order valence-electron chi connectivity index (χ3n) is 4.01. The number of rotatable bonds is 4. The number of hydrogen-bond acceptors (Lipinski definition) is 3. The molecule has 0 atom stereocenters. The van der Waals surface area contributed by atoms with E-state index in [0.717, 1.165) is 30.2 Å². The predicted molar refractivity (Wildman–Crippen MR) is 84.0 cm³/mol. The molecule has 0 amide bonds. The van der Waals surface area contributed by atoms with Gasteiger partial charge in [-0.2, -0.15) is 0 Å². The summed E-state index contributed by atoms with van der Waals surface area (Å²) in [5.41, 5.74) is 11.9. The Labute approximate surface area is 120 Å². The van der Waals surface area contributed by atoms with E-state index < -0.39 is 0 Å². The first kappa shape index (κ1) is 13.0. The average Bonchev–Trinajstić information content (AvgIpc) is 2.90. The Kier molecular flexibility index (Phi) is 3.59. The van der Waals surface area contributed by atoms with Crippen LogP contribution in [0.3, 0.4) is 0 Å². The second-order valence-corrected chi connectivity index (χ2v) is 5.50. The molecule has 3 heteroatoms. The fourth-order valence-corrected chi connectivity index (χ4v) is 2.79. The van der Waals surface area contributed by atoms with E-state index in [0.29, 0.717) is 0 Å². The summed E-state index contributed by atoms with van der Waals surface area (Å²) in [5.74, 6) is 0.901. The van der Waals surface area contributed by atoms with Gasteiger partial charge in [0.1, 0.15) is 5.82 Å². The van der Waals surface area contributed by atoms with Crippen molar-refractivity contribution >= 4 is 11.5 Å². The van der Waals surface area contributed by atoms with Gasteiger partial charge < -0.3 is 11.1 Å². The number of aromatic nitrogens is 1. The fraction of sp³-hybridized carbons (Fsp3) is 0.353. The highest BCUT2D eigenvalue weighted by atomic mass is 15.0. The van der Waals surface area contributed by atoms with Gasteiger partial charge in [-0.15, -0.1) is 0 Å². The molecule has 1 aliphatic carbocycles. The van der Waals surface area contributed by atoms with Crippen LogP contribution in [0.5, 0.6) is 0 Å². The summed E-state index contributed by atoms with van der Waals surface area (Å²) >= 11 is 0. The highest BCUT2D eigenvalue weighted by Crippen LogP contribution is 2.23. The van der Waals surface area contributed by atoms with Gasteiger partial charge in [0.2, 0.25) is 0 Å². The number of nitrogens with two attached hydrogens (primary N) is 1. The van der Waals surface area contributed by atoms with Gasteiger partial charge in [0.05, 0.1) is 11.4 Å². The lowest BCUT2D eigenvalue weighted by Crippen LogP contribution is -2.07. The Balaban J connectivity index is 1.58. The number of fused-ring (bicyclic) bond motifs is 1. The molecule has 1 heterocycles. The topological polar surface area (TPSA) is 50.9 Å². The molecule has 0 fully saturated rings. The summed E-state index contributed by atoms with van der Waals surface area (Å²) in [6, 6.07) is 10.8. The van der Waals surface area contributed by atoms with E-state index in [1.807, 2.05) is 19.1 Å². The zero-order valence-corrected chi connectivity index (χ0v) is 11.9. The third kappa shape index (κ3) is 2.77. The van der Waals surface area contributed by atoms with E-state index in [-0.39, 0.29) is 0 Å². The monoisotopic (exact) mass is 267 g/mol. The summed E-state index contributed by atoms with van der Waals surface area (Å²) in [6.45, 7) is 2.83. The number of nitrogen functional groups attached to an aromatic ring is 1. The van der Waals surface area contributed by atoms with Crippen molar-refractivity contribution in [1.82, 2.24) is 4.98 Å². The zero-order chi connectivity index (χ0) is 13.9. The maximum Gasteiger partial charge on any atom is 0.126 e. The van der Waals surface area contributed by atoms with Crippen molar-refractivity contribution < 1.29 is 0 Å². The van der Waals surface area contributed by atoms with Gasteiger partial charge >= 0.3 is 0 Å². The fourth-order valence-electron chi connectivity index (χ4n) is 2.79. The molecule has 0 spiro atoms. The molecule has 0 aliphatic heterocycles. The number of benzene rings is 1. The largest absolute Gasteiger partial charge is 0.397 e. The zero-order valence-electron chi connectivity index (χ0n) is 11.9. The van der Waals surface area contributed by atoms with Crippen molar-refractivity contribution in [3.63, 3.8) is 0 Å². The van der Waals surface area contributed by atoms with E-state index in [1.165, 1.54) is 30.4 Å². The molecule has 0 radical (unpaired) electrons. The van der Waals surface area contributed by atoms with Crippen molar-refractivity contribution in [3.8, 4) is 0 Å².